The number of aromatic nitrogens is 3. The summed E-state index contributed by atoms with van der Waals surface area (Å²) < 4.78 is 14.4. The highest BCUT2D eigenvalue weighted by Gasteiger charge is 2.11. The van der Waals surface area contributed by atoms with E-state index in [1.54, 1.807) is 18.2 Å². The number of halogens is 1. The van der Waals surface area contributed by atoms with Crippen molar-refractivity contribution in [1.82, 2.24) is 15.0 Å². The van der Waals surface area contributed by atoms with Crippen LogP contribution in [-0.4, -0.2) is 19.9 Å². The highest BCUT2D eigenvalue weighted by Crippen LogP contribution is 2.21. The van der Waals surface area contributed by atoms with E-state index < -0.39 is 4.92 Å². The molecule has 7 heteroatoms. The Hall–Kier alpha value is -2.83. The number of rotatable bonds is 2. The van der Waals surface area contributed by atoms with Crippen molar-refractivity contribution in [2.45, 2.75) is 0 Å². The van der Waals surface area contributed by atoms with Gasteiger partial charge in [-0.3, -0.25) is 10.1 Å². The molecule has 0 N–H and O–H groups in total. The number of nitrogens with zero attached hydrogens (tertiary/aromatic N) is 4. The first-order valence-corrected chi connectivity index (χ1v) is 5.41. The van der Waals surface area contributed by atoms with Gasteiger partial charge in [0.1, 0.15) is 11.3 Å². The number of nitro groups is 1. The standard InChI is InChI=1S/C12H7FN4O2/c13-8-1-3-9(4-2-8)16-12-6-5-10(17(18)19)7-11(12)14-15-16/h1-7H. The van der Waals surface area contributed by atoms with E-state index in [1.807, 2.05) is 0 Å². The molecule has 0 amide bonds. The van der Waals surface area contributed by atoms with Crippen LogP contribution in [0.5, 0.6) is 0 Å². The van der Waals surface area contributed by atoms with Crippen molar-refractivity contribution >= 4 is 16.7 Å². The second kappa shape index (κ2) is 4.13. The average molecular weight is 258 g/mol. The van der Waals surface area contributed by atoms with Crippen LogP contribution < -0.4 is 0 Å². The Labute approximate surface area is 106 Å². The topological polar surface area (TPSA) is 73.8 Å². The predicted octanol–water partition coefficient (Wildman–Crippen LogP) is 2.47. The summed E-state index contributed by atoms with van der Waals surface area (Å²) in [4.78, 5) is 10.2. The lowest BCUT2D eigenvalue weighted by Gasteiger charge is -2.01. The highest BCUT2D eigenvalue weighted by molar-refractivity contribution is 5.78. The molecule has 94 valence electrons. The van der Waals surface area contributed by atoms with Crippen LogP contribution in [0, 0.1) is 15.9 Å². The van der Waals surface area contributed by atoms with Crippen molar-refractivity contribution < 1.29 is 9.31 Å². The lowest BCUT2D eigenvalue weighted by atomic mass is 10.2. The van der Waals surface area contributed by atoms with E-state index in [1.165, 1.54) is 28.9 Å². The monoisotopic (exact) mass is 258 g/mol. The molecular weight excluding hydrogens is 251 g/mol. The largest absolute Gasteiger partial charge is 0.271 e. The van der Waals surface area contributed by atoms with Crippen molar-refractivity contribution in [3.05, 3.63) is 58.4 Å². The molecule has 19 heavy (non-hydrogen) atoms. The molecule has 0 saturated carbocycles. The third-order valence-electron chi connectivity index (χ3n) is 2.71. The Morgan fingerprint density at radius 3 is 2.58 bits per heavy atom. The maximum Gasteiger partial charge on any atom is 0.271 e. The molecule has 0 atom stereocenters. The van der Waals surface area contributed by atoms with E-state index >= 15 is 0 Å². The fourth-order valence-electron chi connectivity index (χ4n) is 1.80. The molecule has 0 spiro atoms. The van der Waals surface area contributed by atoms with Gasteiger partial charge in [-0.1, -0.05) is 5.21 Å². The molecule has 0 aliphatic heterocycles. The molecule has 1 aromatic heterocycles. The van der Waals surface area contributed by atoms with Crippen molar-refractivity contribution in [3.8, 4) is 5.69 Å². The zero-order chi connectivity index (χ0) is 13.4. The average Bonchev–Trinajstić information content (AvgIpc) is 2.82. The van der Waals surface area contributed by atoms with Gasteiger partial charge < -0.3 is 0 Å². The molecule has 0 unspecified atom stereocenters. The normalized spacial score (nSPS) is 10.8. The lowest BCUT2D eigenvalue weighted by Crippen LogP contribution is -1.96. The summed E-state index contributed by atoms with van der Waals surface area (Å²) >= 11 is 0. The number of hydrogen-bond donors (Lipinski definition) is 0. The van der Waals surface area contributed by atoms with Crippen LogP contribution in [0.1, 0.15) is 0 Å². The third-order valence-corrected chi connectivity index (χ3v) is 2.71. The summed E-state index contributed by atoms with van der Waals surface area (Å²) in [6, 6.07) is 10.0. The van der Waals surface area contributed by atoms with Gasteiger partial charge in [0.05, 0.1) is 16.1 Å². The van der Waals surface area contributed by atoms with Crippen LogP contribution in [0.4, 0.5) is 10.1 Å². The second-order valence-electron chi connectivity index (χ2n) is 3.91. The molecule has 0 aliphatic rings. The molecular formula is C12H7FN4O2. The molecule has 1 heterocycles. The van der Waals surface area contributed by atoms with Crippen LogP contribution in [-0.2, 0) is 0 Å². The van der Waals surface area contributed by atoms with Crippen molar-refractivity contribution in [2.24, 2.45) is 0 Å². The van der Waals surface area contributed by atoms with Crippen LogP contribution >= 0.6 is 0 Å². The summed E-state index contributed by atoms with van der Waals surface area (Å²) in [7, 11) is 0. The van der Waals surface area contributed by atoms with Crippen LogP contribution in [0.25, 0.3) is 16.7 Å². The Balaban J connectivity index is 2.15. The molecule has 6 nitrogen and oxygen atoms in total. The summed E-state index contributed by atoms with van der Waals surface area (Å²) in [6.45, 7) is 0. The molecule has 3 aromatic rings. The highest BCUT2D eigenvalue weighted by atomic mass is 19.1. The molecule has 0 bridgehead atoms. The van der Waals surface area contributed by atoms with Gasteiger partial charge in [0.2, 0.25) is 0 Å². The first-order valence-electron chi connectivity index (χ1n) is 5.41. The van der Waals surface area contributed by atoms with E-state index in [2.05, 4.69) is 10.3 Å². The third kappa shape index (κ3) is 1.90. The predicted molar refractivity (Wildman–Crippen MR) is 65.5 cm³/mol. The quantitative estimate of drug-likeness (QED) is 0.522. The maximum atomic E-state index is 12.9. The maximum absolute atomic E-state index is 12.9. The fourth-order valence-corrected chi connectivity index (χ4v) is 1.80. The number of hydrogen-bond acceptors (Lipinski definition) is 4. The zero-order valence-corrected chi connectivity index (χ0v) is 9.52. The minimum absolute atomic E-state index is 0.0429. The second-order valence-corrected chi connectivity index (χ2v) is 3.91. The first kappa shape index (κ1) is 11.3. The van der Waals surface area contributed by atoms with Gasteiger partial charge >= 0.3 is 0 Å². The Bertz CT molecular complexity index is 767. The Morgan fingerprint density at radius 2 is 1.89 bits per heavy atom. The lowest BCUT2D eigenvalue weighted by molar-refractivity contribution is -0.384. The van der Waals surface area contributed by atoms with E-state index in [0.717, 1.165) is 0 Å². The molecule has 2 aromatic carbocycles. The number of nitro benzene ring substituents is 1. The first-order chi connectivity index (χ1) is 9.15. The SMILES string of the molecule is O=[N+]([O-])c1ccc2c(c1)nnn2-c1ccc(F)cc1. The molecule has 0 saturated heterocycles. The van der Waals surface area contributed by atoms with Gasteiger partial charge in [0.25, 0.3) is 5.69 Å². The molecule has 0 aliphatic carbocycles. The van der Waals surface area contributed by atoms with E-state index in [0.29, 0.717) is 16.7 Å². The number of non-ortho nitro benzene ring substituents is 1. The van der Waals surface area contributed by atoms with Gasteiger partial charge in [-0.25, -0.2) is 9.07 Å². The summed E-state index contributed by atoms with van der Waals surface area (Å²) in [6.07, 6.45) is 0. The van der Waals surface area contributed by atoms with Crippen molar-refractivity contribution in [2.75, 3.05) is 0 Å². The van der Waals surface area contributed by atoms with Gasteiger partial charge in [-0.2, -0.15) is 0 Å². The fraction of sp³-hybridized carbons (Fsp3) is 0. The van der Waals surface area contributed by atoms with Gasteiger partial charge in [-0.15, -0.1) is 5.10 Å². The van der Waals surface area contributed by atoms with Crippen LogP contribution in [0.2, 0.25) is 0 Å². The van der Waals surface area contributed by atoms with Gasteiger partial charge in [0.15, 0.2) is 0 Å². The smallest absolute Gasteiger partial charge is 0.258 e. The van der Waals surface area contributed by atoms with E-state index in [-0.39, 0.29) is 11.5 Å². The van der Waals surface area contributed by atoms with Gasteiger partial charge in [0, 0.05) is 12.1 Å². The number of benzene rings is 2. The van der Waals surface area contributed by atoms with E-state index in [4.69, 9.17) is 0 Å². The molecule has 0 radical (unpaired) electrons. The van der Waals surface area contributed by atoms with Crippen LogP contribution in [0.3, 0.4) is 0 Å². The van der Waals surface area contributed by atoms with Crippen molar-refractivity contribution in [1.29, 1.82) is 0 Å². The minimum atomic E-state index is -0.490. The molecule has 3 rings (SSSR count). The van der Waals surface area contributed by atoms with Crippen molar-refractivity contribution in [3.63, 3.8) is 0 Å². The summed E-state index contributed by atoms with van der Waals surface area (Å²) in [5.41, 5.74) is 1.63. The zero-order valence-electron chi connectivity index (χ0n) is 9.52. The summed E-state index contributed by atoms with van der Waals surface area (Å²) in [5, 5.41) is 18.5. The molecule has 0 fully saturated rings. The summed E-state index contributed by atoms with van der Waals surface area (Å²) in [5.74, 6) is -0.344. The van der Waals surface area contributed by atoms with Gasteiger partial charge in [-0.05, 0) is 30.3 Å². The number of fused-ring (bicyclic) bond motifs is 1. The minimum Gasteiger partial charge on any atom is -0.258 e. The Morgan fingerprint density at radius 1 is 1.16 bits per heavy atom. The Kier molecular flexibility index (Phi) is 2.45. The van der Waals surface area contributed by atoms with Crippen LogP contribution in [0.15, 0.2) is 42.5 Å². The van der Waals surface area contributed by atoms with E-state index in [9.17, 15) is 14.5 Å².